The van der Waals surface area contributed by atoms with Gasteiger partial charge in [0.25, 0.3) is 0 Å². The first-order valence-electron chi connectivity index (χ1n) is 5.48. The Hall–Kier alpha value is -2.01. The lowest BCUT2D eigenvalue weighted by atomic mass is 10.2. The quantitative estimate of drug-likeness (QED) is 0.855. The van der Waals surface area contributed by atoms with Gasteiger partial charge in [-0.2, -0.15) is 5.10 Å². The number of ether oxygens (including phenoxy) is 1. The van der Waals surface area contributed by atoms with Crippen LogP contribution in [0, 0.1) is 0 Å². The highest BCUT2D eigenvalue weighted by molar-refractivity contribution is 5.74. The van der Waals surface area contributed by atoms with E-state index in [1.807, 2.05) is 36.2 Å². The van der Waals surface area contributed by atoms with Crippen molar-refractivity contribution in [2.45, 2.75) is 6.54 Å². The highest BCUT2D eigenvalue weighted by atomic mass is 16.5. The smallest absolute Gasteiger partial charge is 0.198 e. The first-order chi connectivity index (χ1) is 8.29. The van der Waals surface area contributed by atoms with Crippen LogP contribution in [-0.2, 0) is 6.54 Å². The van der Waals surface area contributed by atoms with Crippen LogP contribution in [0.1, 0.15) is 0 Å². The molecule has 1 aromatic heterocycles. The van der Waals surface area contributed by atoms with Gasteiger partial charge in [-0.1, -0.05) is 12.1 Å². The van der Waals surface area contributed by atoms with Crippen LogP contribution in [0.4, 0.5) is 11.5 Å². The van der Waals surface area contributed by atoms with Gasteiger partial charge in [0.05, 0.1) is 25.0 Å². The summed E-state index contributed by atoms with van der Waals surface area (Å²) in [6, 6.07) is 7.83. The number of benzene rings is 1. The average molecular weight is 231 g/mol. The van der Waals surface area contributed by atoms with E-state index >= 15 is 0 Å². The van der Waals surface area contributed by atoms with Gasteiger partial charge in [0.15, 0.2) is 17.3 Å². The number of rotatable bonds is 2. The second-order valence-electron chi connectivity index (χ2n) is 3.93. The number of hydrogen-bond acceptors (Lipinski definition) is 4. The predicted molar refractivity (Wildman–Crippen MR) is 63.9 cm³/mol. The van der Waals surface area contributed by atoms with Crippen molar-refractivity contribution in [3.8, 4) is 11.5 Å². The summed E-state index contributed by atoms with van der Waals surface area (Å²) >= 11 is 0. The van der Waals surface area contributed by atoms with E-state index in [-0.39, 0.29) is 6.61 Å². The second-order valence-corrected chi connectivity index (χ2v) is 3.93. The molecule has 0 aliphatic carbocycles. The van der Waals surface area contributed by atoms with Gasteiger partial charge >= 0.3 is 0 Å². The van der Waals surface area contributed by atoms with Gasteiger partial charge in [-0.25, -0.2) is 0 Å². The Morgan fingerprint density at radius 3 is 2.94 bits per heavy atom. The largest absolute Gasteiger partial charge is 0.450 e. The molecule has 0 spiro atoms. The van der Waals surface area contributed by atoms with Crippen molar-refractivity contribution >= 4 is 11.5 Å². The maximum atomic E-state index is 8.91. The van der Waals surface area contributed by atoms with E-state index in [4.69, 9.17) is 9.84 Å². The zero-order valence-corrected chi connectivity index (χ0v) is 9.50. The van der Waals surface area contributed by atoms with Crippen LogP contribution in [0.5, 0.6) is 11.5 Å². The van der Waals surface area contributed by atoms with Crippen LogP contribution in [0.3, 0.4) is 0 Å². The Morgan fingerprint density at radius 2 is 2.12 bits per heavy atom. The fourth-order valence-corrected chi connectivity index (χ4v) is 1.97. The Morgan fingerprint density at radius 1 is 1.29 bits per heavy atom. The van der Waals surface area contributed by atoms with Gasteiger partial charge in [0, 0.05) is 7.05 Å². The SMILES string of the molecule is CN1c2ccccc2Oc2cn(CCO)nc21. The van der Waals surface area contributed by atoms with E-state index in [0.717, 1.165) is 23.0 Å². The lowest BCUT2D eigenvalue weighted by molar-refractivity contribution is 0.269. The van der Waals surface area contributed by atoms with Crippen LogP contribution < -0.4 is 9.64 Å². The van der Waals surface area contributed by atoms with Crippen LogP contribution >= 0.6 is 0 Å². The number of aromatic nitrogens is 2. The maximum Gasteiger partial charge on any atom is 0.198 e. The number of para-hydroxylation sites is 2. The summed E-state index contributed by atoms with van der Waals surface area (Å²) in [5.41, 5.74) is 0.995. The summed E-state index contributed by atoms with van der Waals surface area (Å²) in [5.74, 6) is 2.32. The minimum atomic E-state index is 0.0667. The fourth-order valence-electron chi connectivity index (χ4n) is 1.97. The van der Waals surface area contributed by atoms with Gasteiger partial charge < -0.3 is 14.7 Å². The molecular formula is C12H13N3O2. The number of anilines is 2. The van der Waals surface area contributed by atoms with Crippen LogP contribution in [0.2, 0.25) is 0 Å². The molecule has 17 heavy (non-hydrogen) atoms. The van der Waals surface area contributed by atoms with E-state index < -0.39 is 0 Å². The van der Waals surface area contributed by atoms with Crippen molar-refractivity contribution in [3.05, 3.63) is 30.5 Å². The van der Waals surface area contributed by atoms with Crippen LogP contribution in [0.25, 0.3) is 0 Å². The number of fused-ring (bicyclic) bond motifs is 2. The molecule has 1 aliphatic heterocycles. The molecule has 0 amide bonds. The Bertz CT molecular complexity index is 550. The third kappa shape index (κ3) is 1.55. The Balaban J connectivity index is 2.04. The van der Waals surface area contributed by atoms with E-state index in [2.05, 4.69) is 5.10 Å². The molecule has 0 radical (unpaired) electrons. The molecular weight excluding hydrogens is 218 g/mol. The predicted octanol–water partition coefficient (Wildman–Crippen LogP) is 1.75. The van der Waals surface area contributed by atoms with Gasteiger partial charge in [-0.05, 0) is 12.1 Å². The van der Waals surface area contributed by atoms with E-state index in [9.17, 15) is 0 Å². The molecule has 1 aromatic carbocycles. The fraction of sp³-hybridized carbons (Fsp3) is 0.250. The molecule has 0 saturated heterocycles. The van der Waals surface area contributed by atoms with E-state index in [1.165, 1.54) is 0 Å². The molecule has 0 atom stereocenters. The van der Waals surface area contributed by atoms with Crippen molar-refractivity contribution in [2.24, 2.45) is 0 Å². The summed E-state index contributed by atoms with van der Waals surface area (Å²) < 4.78 is 7.46. The van der Waals surface area contributed by atoms with Crippen molar-refractivity contribution in [2.75, 3.05) is 18.6 Å². The number of hydrogen-bond donors (Lipinski definition) is 1. The normalized spacial score (nSPS) is 12.9. The summed E-state index contributed by atoms with van der Waals surface area (Å²) in [6.45, 7) is 0.539. The molecule has 1 aliphatic rings. The topological polar surface area (TPSA) is 50.5 Å². The first-order valence-corrected chi connectivity index (χ1v) is 5.48. The third-order valence-electron chi connectivity index (χ3n) is 2.80. The van der Waals surface area contributed by atoms with Gasteiger partial charge in [0.1, 0.15) is 0 Å². The number of aliphatic hydroxyl groups excluding tert-OH is 1. The number of nitrogens with zero attached hydrogens (tertiary/aromatic N) is 3. The minimum Gasteiger partial charge on any atom is -0.450 e. The Kier molecular flexibility index (Phi) is 2.26. The Labute approximate surface area is 98.9 Å². The van der Waals surface area contributed by atoms with Crippen LogP contribution in [-0.4, -0.2) is 28.5 Å². The molecule has 2 heterocycles. The van der Waals surface area contributed by atoms with Crippen molar-refractivity contribution in [1.29, 1.82) is 0 Å². The lowest BCUT2D eigenvalue weighted by Gasteiger charge is -2.25. The van der Waals surface area contributed by atoms with Gasteiger partial charge in [-0.3, -0.25) is 4.68 Å². The molecule has 5 nitrogen and oxygen atoms in total. The van der Waals surface area contributed by atoms with Crippen molar-refractivity contribution < 1.29 is 9.84 Å². The molecule has 0 saturated carbocycles. The van der Waals surface area contributed by atoms with E-state index in [1.54, 1.807) is 10.9 Å². The average Bonchev–Trinajstić information content (AvgIpc) is 2.73. The van der Waals surface area contributed by atoms with Crippen molar-refractivity contribution in [1.82, 2.24) is 9.78 Å². The zero-order chi connectivity index (χ0) is 11.8. The summed E-state index contributed by atoms with van der Waals surface area (Å²) in [6.07, 6.45) is 1.80. The minimum absolute atomic E-state index is 0.0667. The van der Waals surface area contributed by atoms with Crippen LogP contribution in [0.15, 0.2) is 30.5 Å². The molecule has 0 bridgehead atoms. The highest BCUT2D eigenvalue weighted by Crippen LogP contribution is 2.44. The van der Waals surface area contributed by atoms with Gasteiger partial charge in [0.2, 0.25) is 0 Å². The summed E-state index contributed by atoms with van der Waals surface area (Å²) in [5, 5.41) is 13.3. The van der Waals surface area contributed by atoms with Gasteiger partial charge in [-0.15, -0.1) is 0 Å². The molecule has 0 unspecified atom stereocenters. The third-order valence-corrected chi connectivity index (χ3v) is 2.80. The monoisotopic (exact) mass is 231 g/mol. The van der Waals surface area contributed by atoms with E-state index in [0.29, 0.717) is 6.54 Å². The molecule has 1 N–H and O–H groups in total. The zero-order valence-electron chi connectivity index (χ0n) is 9.50. The molecule has 0 fully saturated rings. The molecule has 88 valence electrons. The first kappa shape index (κ1) is 10.2. The summed E-state index contributed by atoms with van der Waals surface area (Å²) in [7, 11) is 1.95. The molecule has 3 rings (SSSR count). The second kappa shape index (κ2) is 3.78. The molecule has 5 heteroatoms. The standard InChI is InChI=1S/C12H13N3O2/c1-14-9-4-2-3-5-10(9)17-11-8-15(6-7-16)13-12(11)14/h2-5,8,16H,6-7H2,1H3. The maximum absolute atomic E-state index is 8.91. The van der Waals surface area contributed by atoms with Crippen molar-refractivity contribution in [3.63, 3.8) is 0 Å². The lowest BCUT2D eigenvalue weighted by Crippen LogP contribution is -2.15. The number of aliphatic hydroxyl groups is 1. The summed E-state index contributed by atoms with van der Waals surface area (Å²) in [4.78, 5) is 1.99. The molecule has 2 aromatic rings. The highest BCUT2D eigenvalue weighted by Gasteiger charge is 2.24.